The fourth-order valence-corrected chi connectivity index (χ4v) is 2.99. The summed E-state index contributed by atoms with van der Waals surface area (Å²) < 4.78 is 0. The predicted octanol–water partition coefficient (Wildman–Crippen LogP) is 1.86. The third kappa shape index (κ3) is 3.91. The molecule has 1 aromatic rings. The van der Waals surface area contributed by atoms with Gasteiger partial charge in [-0.1, -0.05) is 6.07 Å². The van der Waals surface area contributed by atoms with Crippen LogP contribution in [0, 0.1) is 5.92 Å². The molecular weight excluding hydrogens is 232 g/mol. The van der Waals surface area contributed by atoms with Crippen LogP contribution in [0.2, 0.25) is 0 Å². The maximum Gasteiger partial charge on any atom is 0.186 e. The Morgan fingerprint density at radius 1 is 1.53 bits per heavy atom. The van der Waals surface area contributed by atoms with Crippen LogP contribution in [0.25, 0.3) is 0 Å². The van der Waals surface area contributed by atoms with Crippen LogP contribution in [-0.2, 0) is 0 Å². The molecule has 1 aromatic heterocycles. The molecule has 0 unspecified atom stereocenters. The average Bonchev–Trinajstić information content (AvgIpc) is 2.83. The molecule has 17 heavy (non-hydrogen) atoms. The zero-order chi connectivity index (χ0) is 12.1. The number of carbonyl (C=O) groups is 1. The van der Waals surface area contributed by atoms with E-state index in [-0.39, 0.29) is 5.78 Å². The summed E-state index contributed by atoms with van der Waals surface area (Å²) in [5.74, 6) is 0.994. The number of ketones is 1. The Morgan fingerprint density at radius 2 is 2.29 bits per heavy atom. The van der Waals surface area contributed by atoms with E-state index < -0.39 is 0 Å². The monoisotopic (exact) mass is 252 g/mol. The summed E-state index contributed by atoms with van der Waals surface area (Å²) in [5, 5.41) is 5.33. The van der Waals surface area contributed by atoms with E-state index in [0.717, 1.165) is 30.4 Å². The van der Waals surface area contributed by atoms with Crippen molar-refractivity contribution in [3.63, 3.8) is 0 Å². The van der Waals surface area contributed by atoms with Crippen molar-refractivity contribution in [3.05, 3.63) is 22.4 Å². The highest BCUT2D eigenvalue weighted by molar-refractivity contribution is 7.12. The minimum atomic E-state index is 0.247. The Hall–Kier alpha value is -0.710. The van der Waals surface area contributed by atoms with E-state index in [2.05, 4.69) is 10.2 Å². The van der Waals surface area contributed by atoms with Crippen molar-refractivity contribution in [2.24, 2.45) is 5.92 Å². The fraction of sp³-hybridized carbons (Fsp3) is 0.615. The number of rotatable bonds is 5. The lowest BCUT2D eigenvalue weighted by Gasteiger charge is -2.27. The van der Waals surface area contributed by atoms with Gasteiger partial charge in [0.15, 0.2) is 5.78 Å². The lowest BCUT2D eigenvalue weighted by atomic mass is 9.97. The van der Waals surface area contributed by atoms with E-state index in [4.69, 9.17) is 0 Å². The molecule has 2 heterocycles. The van der Waals surface area contributed by atoms with Gasteiger partial charge in [0.25, 0.3) is 0 Å². The van der Waals surface area contributed by atoms with Gasteiger partial charge in [-0.05, 0) is 50.3 Å². The maximum absolute atomic E-state index is 11.9. The van der Waals surface area contributed by atoms with E-state index in [1.54, 1.807) is 0 Å². The molecule has 0 radical (unpaired) electrons. The van der Waals surface area contributed by atoms with Crippen molar-refractivity contribution in [1.29, 1.82) is 0 Å². The smallest absolute Gasteiger partial charge is 0.186 e. The molecule has 1 aliphatic rings. The van der Waals surface area contributed by atoms with Crippen molar-refractivity contribution in [1.82, 2.24) is 10.2 Å². The van der Waals surface area contributed by atoms with Gasteiger partial charge in [-0.15, -0.1) is 11.3 Å². The number of nitrogens with one attached hydrogen (secondary N) is 1. The van der Waals surface area contributed by atoms with Crippen LogP contribution < -0.4 is 5.32 Å². The number of Topliss-reactive ketones (excluding diaryl/α,β-unsaturated/α-hetero) is 1. The number of nitrogens with zero attached hydrogens (tertiary/aromatic N) is 1. The third-order valence-electron chi connectivity index (χ3n) is 3.24. The van der Waals surface area contributed by atoms with E-state index >= 15 is 0 Å². The van der Waals surface area contributed by atoms with Crippen LogP contribution in [0.15, 0.2) is 17.5 Å². The molecule has 1 aliphatic heterocycles. The zero-order valence-electron chi connectivity index (χ0n) is 10.3. The first-order valence-electron chi connectivity index (χ1n) is 6.21. The molecule has 94 valence electrons. The largest absolute Gasteiger partial charge is 0.317 e. The van der Waals surface area contributed by atoms with Gasteiger partial charge in [0, 0.05) is 6.54 Å². The summed E-state index contributed by atoms with van der Waals surface area (Å²) in [5.41, 5.74) is 0. The van der Waals surface area contributed by atoms with Gasteiger partial charge < -0.3 is 5.32 Å². The minimum Gasteiger partial charge on any atom is -0.317 e. The topological polar surface area (TPSA) is 32.3 Å². The third-order valence-corrected chi connectivity index (χ3v) is 4.15. The Kier molecular flexibility index (Phi) is 4.71. The highest BCUT2D eigenvalue weighted by Crippen LogP contribution is 2.14. The SMILES string of the molecule is CN(CC(=O)c1cccs1)CC1CCNCC1. The summed E-state index contributed by atoms with van der Waals surface area (Å²) in [6.45, 7) is 3.83. The average molecular weight is 252 g/mol. The first kappa shape index (κ1) is 12.7. The standard InChI is InChI=1S/C13H20N2OS/c1-15(9-11-4-6-14-7-5-11)10-12(16)13-3-2-8-17-13/h2-3,8,11,14H,4-7,9-10H2,1H3. The van der Waals surface area contributed by atoms with Crippen LogP contribution >= 0.6 is 11.3 Å². The molecule has 1 N–H and O–H groups in total. The molecule has 0 saturated carbocycles. The van der Waals surface area contributed by atoms with Crippen LogP contribution in [0.4, 0.5) is 0 Å². The van der Waals surface area contributed by atoms with Gasteiger partial charge in [0.05, 0.1) is 11.4 Å². The number of piperidine rings is 1. The molecule has 0 bridgehead atoms. The second-order valence-electron chi connectivity index (χ2n) is 4.79. The molecule has 1 fully saturated rings. The number of thiophene rings is 1. The van der Waals surface area contributed by atoms with Crippen LogP contribution in [-0.4, -0.2) is 43.9 Å². The second kappa shape index (κ2) is 6.28. The quantitative estimate of drug-likeness (QED) is 0.812. The molecule has 0 spiro atoms. The summed E-state index contributed by atoms with van der Waals surface area (Å²) in [6, 6.07) is 3.84. The number of carbonyl (C=O) groups excluding carboxylic acids is 1. The number of likely N-dealkylation sites (N-methyl/N-ethyl adjacent to an activating group) is 1. The first-order valence-corrected chi connectivity index (χ1v) is 7.09. The van der Waals surface area contributed by atoms with Crippen molar-refractivity contribution in [2.75, 3.05) is 33.2 Å². The van der Waals surface area contributed by atoms with Crippen molar-refractivity contribution in [2.45, 2.75) is 12.8 Å². The van der Waals surface area contributed by atoms with Crippen molar-refractivity contribution >= 4 is 17.1 Å². The van der Waals surface area contributed by atoms with E-state index in [0.29, 0.717) is 6.54 Å². The molecule has 4 heteroatoms. The fourth-order valence-electron chi connectivity index (χ4n) is 2.33. The zero-order valence-corrected chi connectivity index (χ0v) is 11.1. The number of hydrogen-bond acceptors (Lipinski definition) is 4. The van der Waals surface area contributed by atoms with E-state index in [1.807, 2.05) is 24.6 Å². The summed E-state index contributed by atoms with van der Waals surface area (Å²) in [7, 11) is 2.05. The highest BCUT2D eigenvalue weighted by atomic mass is 32.1. The molecule has 2 rings (SSSR count). The van der Waals surface area contributed by atoms with Gasteiger partial charge in [0.2, 0.25) is 0 Å². The molecule has 0 aromatic carbocycles. The van der Waals surface area contributed by atoms with Crippen molar-refractivity contribution in [3.8, 4) is 0 Å². The summed E-state index contributed by atoms with van der Waals surface area (Å²) in [6.07, 6.45) is 2.47. The van der Waals surface area contributed by atoms with Gasteiger partial charge in [-0.2, -0.15) is 0 Å². The lowest BCUT2D eigenvalue weighted by Crippen LogP contribution is -2.36. The summed E-state index contributed by atoms with van der Waals surface area (Å²) >= 11 is 1.53. The van der Waals surface area contributed by atoms with Gasteiger partial charge in [-0.3, -0.25) is 9.69 Å². The van der Waals surface area contributed by atoms with Crippen LogP contribution in [0.5, 0.6) is 0 Å². The Morgan fingerprint density at radius 3 is 2.94 bits per heavy atom. The van der Waals surface area contributed by atoms with Gasteiger partial charge in [0.1, 0.15) is 0 Å². The van der Waals surface area contributed by atoms with E-state index in [1.165, 1.54) is 24.2 Å². The summed E-state index contributed by atoms with van der Waals surface area (Å²) in [4.78, 5) is 15.0. The predicted molar refractivity (Wildman–Crippen MR) is 71.7 cm³/mol. The second-order valence-corrected chi connectivity index (χ2v) is 5.74. The van der Waals surface area contributed by atoms with Gasteiger partial charge in [-0.25, -0.2) is 0 Å². The maximum atomic E-state index is 11.9. The Balaban J connectivity index is 1.76. The molecule has 0 atom stereocenters. The molecule has 3 nitrogen and oxygen atoms in total. The van der Waals surface area contributed by atoms with Crippen molar-refractivity contribution < 1.29 is 4.79 Å². The van der Waals surface area contributed by atoms with Crippen LogP contribution in [0.3, 0.4) is 0 Å². The lowest BCUT2D eigenvalue weighted by molar-refractivity contribution is 0.0937. The number of hydrogen-bond donors (Lipinski definition) is 1. The normalized spacial score (nSPS) is 17.5. The van der Waals surface area contributed by atoms with Crippen LogP contribution in [0.1, 0.15) is 22.5 Å². The molecule has 1 saturated heterocycles. The first-order chi connectivity index (χ1) is 8.25. The molecule has 0 aliphatic carbocycles. The van der Waals surface area contributed by atoms with E-state index in [9.17, 15) is 4.79 Å². The minimum absolute atomic E-state index is 0.247. The van der Waals surface area contributed by atoms with Gasteiger partial charge >= 0.3 is 0 Å². The highest BCUT2D eigenvalue weighted by Gasteiger charge is 2.17. The Labute approximate surface area is 107 Å². The molecular formula is C13H20N2OS. The Bertz CT molecular complexity index is 344. The molecule has 0 amide bonds.